The summed E-state index contributed by atoms with van der Waals surface area (Å²) in [5.74, 6) is 0. The van der Waals surface area contributed by atoms with Crippen LogP contribution in [0.2, 0.25) is 0 Å². The Kier molecular flexibility index (Phi) is 4.23. The van der Waals surface area contributed by atoms with Crippen LogP contribution in [0, 0.1) is 0 Å². The number of hydrogen-bond donors (Lipinski definition) is 1. The fourth-order valence-electron chi connectivity index (χ4n) is 1.27. The first-order valence-corrected chi connectivity index (χ1v) is 5.31. The fourth-order valence-corrected chi connectivity index (χ4v) is 1.27. The summed E-state index contributed by atoms with van der Waals surface area (Å²) in [7, 11) is 1.84. The van der Waals surface area contributed by atoms with Crippen molar-refractivity contribution in [3.63, 3.8) is 0 Å². The van der Waals surface area contributed by atoms with Crippen LogP contribution < -0.4 is 5.73 Å². The van der Waals surface area contributed by atoms with Gasteiger partial charge < -0.3 is 10.5 Å². The van der Waals surface area contributed by atoms with Gasteiger partial charge in [-0.1, -0.05) is 19.1 Å². The van der Waals surface area contributed by atoms with Gasteiger partial charge in [-0.15, -0.1) is 5.10 Å². The van der Waals surface area contributed by atoms with Crippen molar-refractivity contribution in [2.45, 2.75) is 38.8 Å². The Balaban J connectivity index is 2.32. The zero-order valence-corrected chi connectivity index (χ0v) is 9.73. The lowest BCUT2D eigenvalue weighted by atomic mass is 9.96. The molecule has 0 bridgehead atoms. The van der Waals surface area contributed by atoms with E-state index >= 15 is 0 Å². The Labute approximate surface area is 90.6 Å². The second-order valence-corrected chi connectivity index (χ2v) is 3.95. The molecule has 5 nitrogen and oxygen atoms in total. The highest BCUT2D eigenvalue weighted by atomic mass is 16.5. The molecule has 0 radical (unpaired) electrons. The van der Waals surface area contributed by atoms with Gasteiger partial charge in [0.15, 0.2) is 0 Å². The molecule has 0 aromatic carbocycles. The Morgan fingerprint density at radius 2 is 2.13 bits per heavy atom. The Bertz CT molecular complexity index is 293. The zero-order chi connectivity index (χ0) is 11.3. The summed E-state index contributed by atoms with van der Waals surface area (Å²) >= 11 is 0. The highest BCUT2D eigenvalue weighted by Gasteiger charge is 2.20. The third-order valence-corrected chi connectivity index (χ3v) is 2.70. The van der Waals surface area contributed by atoms with Crippen LogP contribution >= 0.6 is 0 Å². The van der Waals surface area contributed by atoms with Gasteiger partial charge in [0, 0.05) is 12.6 Å². The predicted molar refractivity (Wildman–Crippen MR) is 58.2 cm³/mol. The van der Waals surface area contributed by atoms with Gasteiger partial charge in [-0.2, -0.15) is 0 Å². The molecule has 2 N–H and O–H groups in total. The van der Waals surface area contributed by atoms with E-state index in [1.807, 2.05) is 13.2 Å². The van der Waals surface area contributed by atoms with Gasteiger partial charge in [0.1, 0.15) is 5.69 Å². The lowest BCUT2D eigenvalue weighted by molar-refractivity contribution is 0.0677. The van der Waals surface area contributed by atoms with E-state index in [9.17, 15) is 0 Å². The van der Waals surface area contributed by atoms with Crippen molar-refractivity contribution in [3.8, 4) is 0 Å². The molecule has 1 heterocycles. The monoisotopic (exact) mass is 212 g/mol. The first-order valence-electron chi connectivity index (χ1n) is 5.31. The van der Waals surface area contributed by atoms with E-state index < -0.39 is 0 Å². The molecule has 1 aromatic rings. The number of ether oxygens (including phenoxy) is 1. The summed E-state index contributed by atoms with van der Waals surface area (Å²) in [5, 5.41) is 7.76. The molecule has 0 unspecified atom stereocenters. The normalized spacial score (nSPS) is 12.0. The summed E-state index contributed by atoms with van der Waals surface area (Å²) < 4.78 is 7.20. The van der Waals surface area contributed by atoms with Crippen LogP contribution in [0.5, 0.6) is 0 Å². The number of nitrogens with two attached hydrogens (primary N) is 1. The summed E-state index contributed by atoms with van der Waals surface area (Å²) in [6.07, 6.45) is 3.68. The molecule has 0 aliphatic rings. The average Bonchev–Trinajstić information content (AvgIpc) is 2.64. The lowest BCUT2D eigenvalue weighted by Crippen LogP contribution is -2.43. The minimum atomic E-state index is -0.206. The van der Waals surface area contributed by atoms with Crippen molar-refractivity contribution in [1.82, 2.24) is 15.0 Å². The van der Waals surface area contributed by atoms with Crippen LogP contribution in [0.1, 0.15) is 32.4 Å². The van der Waals surface area contributed by atoms with Crippen molar-refractivity contribution in [1.29, 1.82) is 0 Å². The molecule has 0 amide bonds. The van der Waals surface area contributed by atoms with Crippen molar-refractivity contribution in [3.05, 3.63) is 11.9 Å². The van der Waals surface area contributed by atoms with Gasteiger partial charge in [-0.3, -0.25) is 4.68 Å². The number of hydrogen-bond acceptors (Lipinski definition) is 4. The average molecular weight is 212 g/mol. The number of aryl methyl sites for hydroxylation is 1. The number of aromatic nitrogens is 3. The first kappa shape index (κ1) is 12.1. The third kappa shape index (κ3) is 3.60. The topological polar surface area (TPSA) is 66.0 Å². The molecular weight excluding hydrogens is 192 g/mol. The van der Waals surface area contributed by atoms with Crippen LogP contribution in [-0.2, 0) is 18.4 Å². The predicted octanol–water partition coefficient (Wildman–Crippen LogP) is 0.849. The molecule has 0 aliphatic carbocycles. The lowest BCUT2D eigenvalue weighted by Gasteiger charge is -2.25. The van der Waals surface area contributed by atoms with Gasteiger partial charge >= 0.3 is 0 Å². The van der Waals surface area contributed by atoms with E-state index in [1.54, 1.807) is 4.68 Å². The standard InChI is InChI=1S/C10H20N4O/c1-4-10(11,5-2)8-15-7-9-6-14(3)13-12-9/h6H,4-5,7-8,11H2,1-3H3. The maximum atomic E-state index is 6.10. The van der Waals surface area contributed by atoms with E-state index in [0.29, 0.717) is 13.2 Å². The largest absolute Gasteiger partial charge is 0.373 e. The van der Waals surface area contributed by atoms with Crippen LogP contribution in [0.25, 0.3) is 0 Å². The van der Waals surface area contributed by atoms with Gasteiger partial charge in [0.05, 0.1) is 19.4 Å². The van der Waals surface area contributed by atoms with E-state index in [0.717, 1.165) is 18.5 Å². The Morgan fingerprint density at radius 1 is 1.47 bits per heavy atom. The zero-order valence-electron chi connectivity index (χ0n) is 9.73. The number of nitrogens with zero attached hydrogens (tertiary/aromatic N) is 3. The molecule has 0 saturated carbocycles. The van der Waals surface area contributed by atoms with Crippen LogP contribution in [0.15, 0.2) is 6.20 Å². The van der Waals surface area contributed by atoms with Crippen molar-refractivity contribution in [2.75, 3.05) is 6.61 Å². The van der Waals surface area contributed by atoms with Crippen LogP contribution in [-0.4, -0.2) is 27.1 Å². The maximum Gasteiger partial charge on any atom is 0.108 e. The van der Waals surface area contributed by atoms with E-state index in [-0.39, 0.29) is 5.54 Å². The number of rotatable bonds is 6. The van der Waals surface area contributed by atoms with Crippen molar-refractivity contribution in [2.24, 2.45) is 12.8 Å². The van der Waals surface area contributed by atoms with Crippen molar-refractivity contribution < 1.29 is 4.74 Å². The second-order valence-electron chi connectivity index (χ2n) is 3.95. The maximum absolute atomic E-state index is 6.10. The molecule has 0 fully saturated rings. The summed E-state index contributed by atoms with van der Waals surface area (Å²) in [4.78, 5) is 0. The molecule has 86 valence electrons. The first-order chi connectivity index (χ1) is 7.09. The van der Waals surface area contributed by atoms with Gasteiger partial charge in [-0.05, 0) is 12.8 Å². The molecule has 0 saturated heterocycles. The second kappa shape index (κ2) is 5.23. The smallest absolute Gasteiger partial charge is 0.108 e. The SMILES string of the molecule is CCC(N)(CC)COCc1cn(C)nn1. The van der Waals surface area contributed by atoms with Gasteiger partial charge in [0.2, 0.25) is 0 Å². The molecule has 5 heteroatoms. The van der Waals surface area contributed by atoms with E-state index in [2.05, 4.69) is 24.2 Å². The summed E-state index contributed by atoms with van der Waals surface area (Å²) in [5.41, 5.74) is 6.73. The third-order valence-electron chi connectivity index (χ3n) is 2.70. The van der Waals surface area contributed by atoms with Gasteiger partial charge in [0.25, 0.3) is 0 Å². The minimum Gasteiger partial charge on any atom is -0.373 e. The van der Waals surface area contributed by atoms with Crippen LogP contribution in [0.3, 0.4) is 0 Å². The highest BCUT2D eigenvalue weighted by Crippen LogP contribution is 2.12. The molecule has 0 aliphatic heterocycles. The summed E-state index contributed by atoms with van der Waals surface area (Å²) in [6, 6.07) is 0. The molecule has 0 spiro atoms. The molecular formula is C10H20N4O. The fraction of sp³-hybridized carbons (Fsp3) is 0.800. The highest BCUT2D eigenvalue weighted by molar-refractivity contribution is 4.89. The molecule has 15 heavy (non-hydrogen) atoms. The van der Waals surface area contributed by atoms with Crippen LogP contribution in [0.4, 0.5) is 0 Å². The van der Waals surface area contributed by atoms with Crippen molar-refractivity contribution >= 4 is 0 Å². The minimum absolute atomic E-state index is 0.206. The molecule has 1 rings (SSSR count). The molecule has 1 aromatic heterocycles. The Morgan fingerprint density at radius 3 is 2.60 bits per heavy atom. The summed E-state index contributed by atoms with van der Waals surface area (Å²) in [6.45, 7) is 5.20. The Hall–Kier alpha value is -0.940. The molecule has 0 atom stereocenters. The van der Waals surface area contributed by atoms with E-state index in [4.69, 9.17) is 10.5 Å². The van der Waals surface area contributed by atoms with E-state index in [1.165, 1.54) is 0 Å². The quantitative estimate of drug-likeness (QED) is 0.759. The van der Waals surface area contributed by atoms with Gasteiger partial charge in [-0.25, -0.2) is 0 Å².